The lowest BCUT2D eigenvalue weighted by molar-refractivity contribution is 0.0727. The molecule has 4 rings (SSSR count). The Kier molecular flexibility index (Phi) is 6.01. The molecular weight excluding hydrogens is 372 g/mol. The first-order chi connectivity index (χ1) is 14.1. The number of aromatic amines is 2. The van der Waals surface area contributed by atoms with Crippen molar-refractivity contribution in [3.05, 3.63) is 51.7 Å². The second-order valence-corrected chi connectivity index (χ2v) is 7.87. The minimum Gasteiger partial charge on any atom is -0.491 e. The van der Waals surface area contributed by atoms with Crippen LogP contribution in [-0.2, 0) is 17.8 Å². The van der Waals surface area contributed by atoms with Gasteiger partial charge in [-0.3, -0.25) is 9.69 Å². The van der Waals surface area contributed by atoms with Gasteiger partial charge >= 0.3 is 5.69 Å². The van der Waals surface area contributed by atoms with Gasteiger partial charge in [0, 0.05) is 38.5 Å². The van der Waals surface area contributed by atoms with Gasteiger partial charge in [-0.15, -0.1) is 0 Å². The summed E-state index contributed by atoms with van der Waals surface area (Å²) in [4.78, 5) is 33.3. The number of amides is 1. The maximum absolute atomic E-state index is 12.7. The van der Waals surface area contributed by atoms with Gasteiger partial charge < -0.3 is 24.3 Å². The van der Waals surface area contributed by atoms with Crippen LogP contribution < -0.4 is 10.4 Å². The van der Waals surface area contributed by atoms with Gasteiger partial charge in [-0.2, -0.15) is 0 Å². The zero-order valence-electron chi connectivity index (χ0n) is 16.8. The number of aromatic nitrogens is 2. The minimum absolute atomic E-state index is 0.205. The van der Waals surface area contributed by atoms with E-state index in [1.807, 2.05) is 6.07 Å². The van der Waals surface area contributed by atoms with E-state index in [0.29, 0.717) is 25.6 Å². The quantitative estimate of drug-likeness (QED) is 0.796. The molecule has 2 aromatic rings. The summed E-state index contributed by atoms with van der Waals surface area (Å²) in [5, 5.41) is 0. The predicted octanol–water partition coefficient (Wildman–Crippen LogP) is 1.60. The van der Waals surface area contributed by atoms with E-state index in [0.717, 1.165) is 37.6 Å². The second-order valence-electron chi connectivity index (χ2n) is 7.87. The van der Waals surface area contributed by atoms with Crippen molar-refractivity contribution in [3.63, 3.8) is 0 Å². The smallest absolute Gasteiger partial charge is 0.323 e. The molecule has 8 nitrogen and oxygen atoms in total. The number of methoxy groups -OCH3 is 1. The monoisotopic (exact) mass is 400 g/mol. The van der Waals surface area contributed by atoms with Gasteiger partial charge in [0.25, 0.3) is 5.91 Å². The van der Waals surface area contributed by atoms with Gasteiger partial charge in [0.05, 0.1) is 13.2 Å². The third-order valence-electron chi connectivity index (χ3n) is 5.63. The highest BCUT2D eigenvalue weighted by Crippen LogP contribution is 2.26. The van der Waals surface area contributed by atoms with E-state index in [1.165, 1.54) is 24.6 Å². The van der Waals surface area contributed by atoms with E-state index in [2.05, 4.69) is 27.0 Å². The Morgan fingerprint density at radius 3 is 3.03 bits per heavy atom. The fourth-order valence-electron chi connectivity index (χ4n) is 4.26. The topological polar surface area (TPSA) is 90.7 Å². The molecule has 1 saturated heterocycles. The van der Waals surface area contributed by atoms with Crippen LogP contribution >= 0.6 is 0 Å². The van der Waals surface area contributed by atoms with Crippen LogP contribution in [0.1, 0.15) is 34.5 Å². The first kappa shape index (κ1) is 19.7. The summed E-state index contributed by atoms with van der Waals surface area (Å²) in [7, 11) is 1.77. The number of fused-ring (bicyclic) bond motifs is 1. The lowest BCUT2D eigenvalue weighted by Crippen LogP contribution is -2.36. The fraction of sp³-hybridized carbons (Fsp3) is 0.524. The molecule has 2 aliphatic rings. The maximum atomic E-state index is 12.7. The largest absolute Gasteiger partial charge is 0.491 e. The standard InChI is InChI=1S/C21H28N4O4/c1-28-14-16-3-2-6-24(12-16)11-15-4-5-19-17(9-15)13-25(7-8-29-19)20(26)18-10-22-21(27)23-18/h4-5,9-10,16H,2-3,6-8,11-14H2,1H3,(H2,22,23,27). The normalized spacial score (nSPS) is 20.0. The van der Waals surface area contributed by atoms with Crippen molar-refractivity contribution in [2.75, 3.05) is 40.0 Å². The molecule has 1 aromatic carbocycles. The number of rotatable bonds is 5. The summed E-state index contributed by atoms with van der Waals surface area (Å²) in [5.41, 5.74) is 2.11. The van der Waals surface area contributed by atoms with E-state index in [-0.39, 0.29) is 17.3 Å². The Hall–Kier alpha value is -2.58. The molecule has 2 N–H and O–H groups in total. The molecule has 1 atom stereocenters. The van der Waals surface area contributed by atoms with Gasteiger partial charge in [-0.1, -0.05) is 6.07 Å². The molecule has 2 aliphatic heterocycles. The van der Waals surface area contributed by atoms with Gasteiger partial charge in [-0.25, -0.2) is 4.79 Å². The molecule has 156 valence electrons. The number of ether oxygens (including phenoxy) is 2. The third kappa shape index (κ3) is 4.71. The number of H-pyrrole nitrogens is 2. The molecule has 0 spiro atoms. The van der Waals surface area contributed by atoms with E-state index < -0.39 is 0 Å². The fourth-order valence-corrected chi connectivity index (χ4v) is 4.26. The predicted molar refractivity (Wildman–Crippen MR) is 108 cm³/mol. The van der Waals surface area contributed by atoms with E-state index in [9.17, 15) is 9.59 Å². The Morgan fingerprint density at radius 1 is 1.34 bits per heavy atom. The Morgan fingerprint density at radius 2 is 2.24 bits per heavy atom. The van der Waals surface area contributed by atoms with Crippen LogP contribution in [0.2, 0.25) is 0 Å². The number of nitrogens with one attached hydrogen (secondary N) is 2. The number of hydrogen-bond acceptors (Lipinski definition) is 5. The number of carbonyl (C=O) groups excluding carboxylic acids is 1. The minimum atomic E-state index is -0.379. The van der Waals surface area contributed by atoms with Crippen LogP contribution in [0.25, 0.3) is 0 Å². The maximum Gasteiger partial charge on any atom is 0.323 e. The zero-order valence-corrected chi connectivity index (χ0v) is 16.8. The van der Waals surface area contributed by atoms with Gasteiger partial charge in [0.1, 0.15) is 18.1 Å². The van der Waals surface area contributed by atoms with Gasteiger partial charge in [-0.05, 0) is 43.0 Å². The number of likely N-dealkylation sites (tertiary alicyclic amines) is 1. The first-order valence-corrected chi connectivity index (χ1v) is 10.1. The molecule has 1 unspecified atom stereocenters. The highest BCUT2D eigenvalue weighted by molar-refractivity contribution is 5.92. The van der Waals surface area contributed by atoms with Gasteiger partial charge in [0.2, 0.25) is 0 Å². The van der Waals surface area contributed by atoms with E-state index in [4.69, 9.17) is 9.47 Å². The molecule has 0 bridgehead atoms. The van der Waals surface area contributed by atoms with Crippen molar-refractivity contribution >= 4 is 5.91 Å². The second kappa shape index (κ2) is 8.84. The molecule has 29 heavy (non-hydrogen) atoms. The van der Waals surface area contributed by atoms with Crippen molar-refractivity contribution in [2.45, 2.75) is 25.9 Å². The van der Waals surface area contributed by atoms with Crippen LogP contribution in [0.15, 0.2) is 29.2 Å². The lowest BCUT2D eigenvalue weighted by Gasteiger charge is -2.32. The van der Waals surface area contributed by atoms with Crippen molar-refractivity contribution in [2.24, 2.45) is 5.92 Å². The summed E-state index contributed by atoms with van der Waals surface area (Å²) in [6.45, 7) is 5.20. The van der Waals surface area contributed by atoms with Gasteiger partial charge in [0.15, 0.2) is 0 Å². The van der Waals surface area contributed by atoms with Crippen molar-refractivity contribution in [3.8, 4) is 5.75 Å². The van der Waals surface area contributed by atoms with E-state index in [1.54, 1.807) is 12.0 Å². The Balaban J connectivity index is 1.46. The average Bonchev–Trinajstić information content (AvgIpc) is 3.03. The molecule has 0 radical (unpaired) electrons. The Bertz CT molecular complexity index is 904. The van der Waals surface area contributed by atoms with E-state index >= 15 is 0 Å². The summed E-state index contributed by atoms with van der Waals surface area (Å²) < 4.78 is 11.2. The van der Waals surface area contributed by atoms with Crippen molar-refractivity contribution in [1.29, 1.82) is 0 Å². The molecule has 1 aromatic heterocycles. The molecular formula is C21H28N4O4. The van der Waals surface area contributed by atoms with Crippen molar-refractivity contribution < 1.29 is 14.3 Å². The van der Waals surface area contributed by atoms with Crippen LogP contribution in [0.4, 0.5) is 0 Å². The van der Waals surface area contributed by atoms with Crippen LogP contribution in [-0.4, -0.2) is 65.6 Å². The number of nitrogens with zero attached hydrogens (tertiary/aromatic N) is 2. The first-order valence-electron chi connectivity index (χ1n) is 10.1. The molecule has 1 amide bonds. The zero-order chi connectivity index (χ0) is 20.2. The molecule has 0 aliphatic carbocycles. The van der Waals surface area contributed by atoms with Crippen LogP contribution in [0, 0.1) is 5.92 Å². The molecule has 8 heteroatoms. The lowest BCUT2D eigenvalue weighted by atomic mass is 9.98. The van der Waals surface area contributed by atoms with Crippen molar-refractivity contribution in [1.82, 2.24) is 19.8 Å². The molecule has 1 fully saturated rings. The number of carbonyl (C=O) groups is 1. The highest BCUT2D eigenvalue weighted by Gasteiger charge is 2.24. The number of imidazole rings is 1. The SMILES string of the molecule is COCC1CCCN(Cc2ccc3c(c2)CN(C(=O)c2c[nH]c(=O)[nH]2)CCO3)C1. The average molecular weight is 400 g/mol. The highest BCUT2D eigenvalue weighted by atomic mass is 16.5. The summed E-state index contributed by atoms with van der Waals surface area (Å²) in [6.07, 6.45) is 3.83. The third-order valence-corrected chi connectivity index (χ3v) is 5.63. The molecule has 3 heterocycles. The number of hydrogen-bond donors (Lipinski definition) is 2. The Labute approximate surface area is 169 Å². The van der Waals surface area contributed by atoms with Crippen LogP contribution in [0.5, 0.6) is 5.75 Å². The van der Waals surface area contributed by atoms with Crippen LogP contribution in [0.3, 0.4) is 0 Å². The molecule has 0 saturated carbocycles. The summed E-state index contributed by atoms with van der Waals surface area (Å²) in [5.74, 6) is 1.21. The summed E-state index contributed by atoms with van der Waals surface area (Å²) in [6, 6.07) is 6.26. The summed E-state index contributed by atoms with van der Waals surface area (Å²) >= 11 is 0. The number of benzene rings is 1. The number of piperidine rings is 1.